The summed E-state index contributed by atoms with van der Waals surface area (Å²) in [6.07, 6.45) is 1.39. The Bertz CT molecular complexity index is 889. The van der Waals surface area contributed by atoms with Crippen molar-refractivity contribution in [1.29, 1.82) is 0 Å². The van der Waals surface area contributed by atoms with E-state index >= 15 is 0 Å². The summed E-state index contributed by atoms with van der Waals surface area (Å²) in [5.41, 5.74) is 2.16. The number of nitrogens with zero attached hydrogens (tertiary/aromatic N) is 3. The molecule has 0 unspecified atom stereocenters. The van der Waals surface area contributed by atoms with Gasteiger partial charge in [-0.2, -0.15) is 4.31 Å². The molecule has 0 saturated carbocycles. The van der Waals surface area contributed by atoms with Crippen LogP contribution in [0.15, 0.2) is 24.3 Å². The van der Waals surface area contributed by atoms with Gasteiger partial charge in [0.2, 0.25) is 21.8 Å². The fraction of sp³-hybridized carbons (Fsp3) is 0.680. The number of hydrogen-bond donors (Lipinski definition) is 0. The average molecular weight is 480 g/mol. The molecule has 2 amide bonds. The predicted octanol–water partition coefficient (Wildman–Crippen LogP) is 3.28. The first-order valence-corrected chi connectivity index (χ1v) is 13.7. The van der Waals surface area contributed by atoms with E-state index in [1.165, 1.54) is 4.31 Å². The zero-order chi connectivity index (χ0) is 24.8. The fourth-order valence-corrected chi connectivity index (χ4v) is 5.38. The van der Waals surface area contributed by atoms with Crippen LogP contribution in [-0.4, -0.2) is 72.3 Å². The number of hydrogen-bond acceptors (Lipinski definition) is 4. The number of rotatable bonds is 10. The zero-order valence-corrected chi connectivity index (χ0v) is 21.9. The lowest BCUT2D eigenvalue weighted by atomic mass is 10.0. The molecule has 0 aromatic heterocycles. The third-order valence-corrected chi connectivity index (χ3v) is 7.94. The molecule has 8 heteroatoms. The van der Waals surface area contributed by atoms with Crippen molar-refractivity contribution in [3.05, 3.63) is 35.4 Å². The lowest BCUT2D eigenvalue weighted by Crippen LogP contribution is -2.52. The molecule has 1 aliphatic rings. The minimum Gasteiger partial charge on any atom is -0.342 e. The van der Waals surface area contributed by atoms with E-state index in [1.807, 2.05) is 68.7 Å². The maximum atomic E-state index is 13.5. The van der Waals surface area contributed by atoms with Gasteiger partial charge in [0.15, 0.2) is 0 Å². The summed E-state index contributed by atoms with van der Waals surface area (Å²) in [6, 6.07) is 8.05. The van der Waals surface area contributed by atoms with Gasteiger partial charge >= 0.3 is 0 Å². The molecule has 186 valence electrons. The van der Waals surface area contributed by atoms with Crippen LogP contribution in [0.2, 0.25) is 0 Å². The number of carbonyl (C=O) groups is 2. The summed E-state index contributed by atoms with van der Waals surface area (Å²) in [5.74, 6) is 0.00949. The van der Waals surface area contributed by atoms with Crippen LogP contribution in [0, 0.1) is 18.8 Å². The van der Waals surface area contributed by atoms with Crippen molar-refractivity contribution in [2.75, 3.05) is 31.9 Å². The van der Waals surface area contributed by atoms with E-state index < -0.39 is 10.0 Å². The first-order chi connectivity index (χ1) is 15.4. The van der Waals surface area contributed by atoms with Crippen molar-refractivity contribution < 1.29 is 18.0 Å². The summed E-state index contributed by atoms with van der Waals surface area (Å²) < 4.78 is 26.6. The van der Waals surface area contributed by atoms with Gasteiger partial charge in [-0.1, -0.05) is 57.5 Å². The summed E-state index contributed by atoms with van der Waals surface area (Å²) in [7, 11) is -3.49. The number of likely N-dealkylation sites (tertiary alicyclic amines) is 1. The van der Waals surface area contributed by atoms with Gasteiger partial charge < -0.3 is 9.80 Å². The zero-order valence-electron chi connectivity index (χ0n) is 21.1. The minimum atomic E-state index is -3.49. The molecule has 0 bridgehead atoms. The highest BCUT2D eigenvalue weighted by Crippen LogP contribution is 2.22. The van der Waals surface area contributed by atoms with Gasteiger partial charge in [0.1, 0.15) is 0 Å². The molecule has 1 fully saturated rings. The molecule has 1 aromatic carbocycles. The summed E-state index contributed by atoms with van der Waals surface area (Å²) >= 11 is 0. The molecule has 0 aliphatic carbocycles. The topological polar surface area (TPSA) is 78.0 Å². The van der Waals surface area contributed by atoms with Crippen molar-refractivity contribution in [3.8, 4) is 0 Å². The Morgan fingerprint density at radius 3 is 2.12 bits per heavy atom. The molecule has 1 aliphatic heterocycles. The Balaban J connectivity index is 2.23. The molecule has 33 heavy (non-hydrogen) atoms. The first kappa shape index (κ1) is 27.3. The van der Waals surface area contributed by atoms with E-state index in [0.29, 0.717) is 39.0 Å². The Morgan fingerprint density at radius 1 is 1.06 bits per heavy atom. The molecule has 0 N–H and O–H groups in total. The van der Waals surface area contributed by atoms with Crippen LogP contribution in [0.25, 0.3) is 0 Å². The second-order valence-corrected chi connectivity index (χ2v) is 12.1. The van der Waals surface area contributed by atoms with Crippen LogP contribution >= 0.6 is 0 Å². The summed E-state index contributed by atoms with van der Waals surface area (Å²) in [4.78, 5) is 29.6. The smallest absolute Gasteiger partial charge is 0.238 e. The minimum absolute atomic E-state index is 0.0271. The third-order valence-electron chi connectivity index (χ3n) is 6.14. The first-order valence-electron chi connectivity index (χ1n) is 12.1. The highest BCUT2D eigenvalue weighted by molar-refractivity contribution is 7.89. The molecular formula is C25H41N3O4S. The van der Waals surface area contributed by atoms with Crippen LogP contribution in [0.5, 0.6) is 0 Å². The molecule has 7 nitrogen and oxygen atoms in total. The standard InChI is InChI=1S/C25H41N3O4S/c1-7-33(31,32)27(16-19(2)3)18-24(29)28(17-22-10-8-21(6)9-11-22)23-12-14-26(15-13-23)25(30)20(4)5/h8-11,19-20,23H,7,12-18H2,1-6H3. The maximum absolute atomic E-state index is 13.5. The average Bonchev–Trinajstić information content (AvgIpc) is 2.77. The van der Waals surface area contributed by atoms with Crippen LogP contribution < -0.4 is 0 Å². The van der Waals surface area contributed by atoms with Crippen molar-refractivity contribution in [1.82, 2.24) is 14.1 Å². The predicted molar refractivity (Wildman–Crippen MR) is 132 cm³/mol. The molecule has 1 aromatic rings. The van der Waals surface area contributed by atoms with E-state index in [9.17, 15) is 18.0 Å². The molecule has 1 saturated heterocycles. The Morgan fingerprint density at radius 2 is 1.64 bits per heavy atom. The van der Waals surface area contributed by atoms with Crippen molar-refractivity contribution >= 4 is 21.8 Å². The van der Waals surface area contributed by atoms with Gasteiger partial charge in [-0.05, 0) is 38.2 Å². The quantitative estimate of drug-likeness (QED) is 0.516. The fourth-order valence-electron chi connectivity index (χ4n) is 4.18. The van der Waals surface area contributed by atoms with Gasteiger partial charge in [-0.25, -0.2) is 8.42 Å². The van der Waals surface area contributed by atoms with Crippen molar-refractivity contribution in [3.63, 3.8) is 0 Å². The highest BCUT2D eigenvalue weighted by Gasteiger charge is 2.33. The number of amides is 2. The van der Waals surface area contributed by atoms with E-state index in [4.69, 9.17) is 0 Å². The van der Waals surface area contributed by atoms with E-state index in [0.717, 1.165) is 11.1 Å². The second kappa shape index (κ2) is 12.0. The number of piperidine rings is 1. The van der Waals surface area contributed by atoms with Gasteiger partial charge in [0.25, 0.3) is 0 Å². The molecule has 0 spiro atoms. The van der Waals surface area contributed by atoms with Gasteiger partial charge in [0, 0.05) is 38.1 Å². The molecular weight excluding hydrogens is 438 g/mol. The summed E-state index contributed by atoms with van der Waals surface area (Å²) in [5, 5.41) is 0. The largest absolute Gasteiger partial charge is 0.342 e. The second-order valence-electron chi connectivity index (χ2n) is 9.81. The summed E-state index contributed by atoms with van der Waals surface area (Å²) in [6.45, 7) is 13.2. The number of aryl methyl sites for hydroxylation is 1. The van der Waals surface area contributed by atoms with Crippen LogP contribution in [0.3, 0.4) is 0 Å². The van der Waals surface area contributed by atoms with Gasteiger partial charge in [0.05, 0.1) is 12.3 Å². The normalized spacial score (nSPS) is 15.5. The van der Waals surface area contributed by atoms with Crippen LogP contribution in [-0.2, 0) is 26.2 Å². The van der Waals surface area contributed by atoms with Gasteiger partial charge in [-0.15, -0.1) is 0 Å². The monoisotopic (exact) mass is 479 g/mol. The lowest BCUT2D eigenvalue weighted by molar-refractivity contribution is -0.139. The molecule has 2 rings (SSSR count). The number of sulfonamides is 1. The number of benzene rings is 1. The van der Waals surface area contributed by atoms with Crippen LogP contribution in [0.1, 0.15) is 58.6 Å². The van der Waals surface area contributed by atoms with E-state index in [-0.39, 0.29) is 42.0 Å². The highest BCUT2D eigenvalue weighted by atomic mass is 32.2. The van der Waals surface area contributed by atoms with Crippen molar-refractivity contribution in [2.24, 2.45) is 11.8 Å². The molecule has 0 radical (unpaired) electrons. The van der Waals surface area contributed by atoms with E-state index in [1.54, 1.807) is 6.92 Å². The van der Waals surface area contributed by atoms with Gasteiger partial charge in [-0.3, -0.25) is 9.59 Å². The Hall–Kier alpha value is -1.93. The SMILES string of the molecule is CCS(=O)(=O)N(CC(=O)N(Cc1ccc(C)cc1)C1CCN(C(=O)C(C)C)CC1)CC(C)C. The van der Waals surface area contributed by atoms with E-state index in [2.05, 4.69) is 0 Å². The molecule has 1 heterocycles. The Labute approximate surface area is 200 Å². The Kier molecular flexibility index (Phi) is 9.91. The molecule has 0 atom stereocenters. The van der Waals surface area contributed by atoms with Crippen LogP contribution in [0.4, 0.5) is 0 Å². The van der Waals surface area contributed by atoms with Crippen molar-refractivity contribution in [2.45, 2.75) is 67.0 Å². The lowest BCUT2D eigenvalue weighted by Gasteiger charge is -2.40. The number of carbonyl (C=O) groups excluding carboxylic acids is 2. The third kappa shape index (κ3) is 7.81. The maximum Gasteiger partial charge on any atom is 0.238 e.